The van der Waals surface area contributed by atoms with Gasteiger partial charge in [-0.1, -0.05) is 6.07 Å². The van der Waals surface area contributed by atoms with Gasteiger partial charge in [0.1, 0.15) is 5.82 Å². The van der Waals surface area contributed by atoms with Crippen molar-refractivity contribution in [1.29, 1.82) is 0 Å². The van der Waals surface area contributed by atoms with E-state index in [0.29, 0.717) is 12.1 Å². The van der Waals surface area contributed by atoms with Gasteiger partial charge < -0.3 is 16.0 Å². The molecule has 0 bridgehead atoms. The van der Waals surface area contributed by atoms with Crippen LogP contribution < -0.4 is 16.0 Å². The van der Waals surface area contributed by atoms with Crippen LogP contribution in [0.2, 0.25) is 0 Å². The van der Waals surface area contributed by atoms with E-state index in [1.807, 2.05) is 6.07 Å². The first kappa shape index (κ1) is 13.4. The lowest BCUT2D eigenvalue weighted by atomic mass is 9.90. The third-order valence-electron chi connectivity index (χ3n) is 4.40. The maximum Gasteiger partial charge on any atom is 0.225 e. The largest absolute Gasteiger partial charge is 0.366 e. The molecule has 0 aliphatic carbocycles. The van der Waals surface area contributed by atoms with Gasteiger partial charge in [-0.05, 0) is 31.9 Å². The maximum atomic E-state index is 14.1. The molecular formula is C15H20FN3O. The van der Waals surface area contributed by atoms with Gasteiger partial charge in [-0.3, -0.25) is 4.79 Å². The predicted molar refractivity (Wildman–Crippen MR) is 75.9 cm³/mol. The summed E-state index contributed by atoms with van der Waals surface area (Å²) in [4.78, 5) is 14.0. The molecule has 5 heteroatoms. The number of nitrogens with two attached hydrogens (primary N) is 1. The molecule has 1 aromatic carbocycles. The lowest BCUT2D eigenvalue weighted by molar-refractivity contribution is -0.122. The fraction of sp³-hybridized carbons (Fsp3) is 0.533. The average Bonchev–Trinajstić information content (AvgIpc) is 2.80. The van der Waals surface area contributed by atoms with Crippen LogP contribution in [0.3, 0.4) is 0 Å². The van der Waals surface area contributed by atoms with Crippen LogP contribution in [0.4, 0.5) is 10.1 Å². The third-order valence-corrected chi connectivity index (χ3v) is 4.40. The van der Waals surface area contributed by atoms with Crippen LogP contribution in [0.1, 0.15) is 31.4 Å². The van der Waals surface area contributed by atoms with Crippen LogP contribution in [0.15, 0.2) is 18.2 Å². The Balaban J connectivity index is 2.00. The zero-order valence-corrected chi connectivity index (χ0v) is 11.6. The molecule has 0 radical (unpaired) electrons. The van der Waals surface area contributed by atoms with Crippen molar-refractivity contribution in [2.75, 3.05) is 18.0 Å². The minimum Gasteiger partial charge on any atom is -0.366 e. The standard InChI is InChI=1S/C15H20FN3O/c1-9(17)14-11(16)5-2-6-12(14)19-7-3-4-10-13(19)8-18-15(10)20/h2,5-6,9-10,13H,3-4,7-8,17H2,1H3,(H,18,20)/t9-,10?,13?/m1/s1. The molecule has 4 nitrogen and oxygen atoms in total. The molecule has 0 aromatic heterocycles. The highest BCUT2D eigenvalue weighted by atomic mass is 19.1. The van der Waals surface area contributed by atoms with Crippen molar-refractivity contribution in [2.24, 2.45) is 11.7 Å². The summed E-state index contributed by atoms with van der Waals surface area (Å²) in [6.07, 6.45) is 1.86. The van der Waals surface area contributed by atoms with Gasteiger partial charge in [0.25, 0.3) is 0 Å². The summed E-state index contributed by atoms with van der Waals surface area (Å²) in [5.41, 5.74) is 7.32. The Labute approximate surface area is 118 Å². The van der Waals surface area contributed by atoms with Crippen molar-refractivity contribution < 1.29 is 9.18 Å². The van der Waals surface area contributed by atoms with E-state index in [2.05, 4.69) is 10.2 Å². The molecule has 0 spiro atoms. The highest BCUT2D eigenvalue weighted by Crippen LogP contribution is 2.35. The van der Waals surface area contributed by atoms with Crippen molar-refractivity contribution in [3.8, 4) is 0 Å². The van der Waals surface area contributed by atoms with Crippen molar-refractivity contribution in [1.82, 2.24) is 5.32 Å². The van der Waals surface area contributed by atoms with E-state index in [4.69, 9.17) is 5.73 Å². The molecule has 1 amide bonds. The lowest BCUT2D eigenvalue weighted by Gasteiger charge is -2.39. The minimum absolute atomic E-state index is 0.0212. The number of piperidine rings is 1. The molecule has 108 valence electrons. The number of hydrogen-bond donors (Lipinski definition) is 2. The van der Waals surface area contributed by atoms with E-state index < -0.39 is 0 Å². The SMILES string of the molecule is C[C@@H](N)c1c(F)cccc1N1CCCC2C(=O)NCC21. The third kappa shape index (κ3) is 2.06. The summed E-state index contributed by atoms with van der Waals surface area (Å²) >= 11 is 0. The number of amides is 1. The quantitative estimate of drug-likeness (QED) is 0.862. The first-order chi connectivity index (χ1) is 9.59. The Morgan fingerprint density at radius 1 is 1.50 bits per heavy atom. The van der Waals surface area contributed by atoms with Crippen LogP contribution in [0.25, 0.3) is 0 Å². The number of rotatable bonds is 2. The maximum absolute atomic E-state index is 14.1. The van der Waals surface area contributed by atoms with Crippen LogP contribution in [-0.4, -0.2) is 25.0 Å². The van der Waals surface area contributed by atoms with E-state index in [-0.39, 0.29) is 29.7 Å². The van der Waals surface area contributed by atoms with Gasteiger partial charge in [0.15, 0.2) is 0 Å². The summed E-state index contributed by atoms with van der Waals surface area (Å²) < 4.78 is 14.1. The smallest absolute Gasteiger partial charge is 0.225 e. The Kier molecular flexibility index (Phi) is 3.38. The number of hydrogen-bond acceptors (Lipinski definition) is 3. The molecule has 2 unspecified atom stereocenters. The number of carbonyl (C=O) groups excluding carboxylic acids is 1. The highest BCUT2D eigenvalue weighted by Gasteiger charge is 2.41. The second-order valence-electron chi connectivity index (χ2n) is 5.72. The Bertz CT molecular complexity index is 532. The van der Waals surface area contributed by atoms with Gasteiger partial charge in [-0.2, -0.15) is 0 Å². The molecule has 2 aliphatic rings. The first-order valence-corrected chi connectivity index (χ1v) is 7.18. The van der Waals surface area contributed by atoms with E-state index in [1.54, 1.807) is 13.0 Å². The van der Waals surface area contributed by atoms with Gasteiger partial charge in [0.2, 0.25) is 5.91 Å². The van der Waals surface area contributed by atoms with Crippen LogP contribution >= 0.6 is 0 Å². The monoisotopic (exact) mass is 277 g/mol. The zero-order chi connectivity index (χ0) is 14.3. The van der Waals surface area contributed by atoms with Crippen LogP contribution in [0, 0.1) is 11.7 Å². The van der Waals surface area contributed by atoms with Crippen LogP contribution in [0.5, 0.6) is 0 Å². The minimum atomic E-state index is -0.364. The second-order valence-corrected chi connectivity index (χ2v) is 5.72. The van der Waals surface area contributed by atoms with E-state index in [9.17, 15) is 9.18 Å². The number of nitrogens with zero attached hydrogens (tertiary/aromatic N) is 1. The summed E-state index contributed by atoms with van der Waals surface area (Å²) in [6, 6.07) is 4.83. The number of nitrogens with one attached hydrogen (secondary N) is 1. The van der Waals surface area contributed by atoms with Gasteiger partial charge in [-0.15, -0.1) is 0 Å². The number of carbonyl (C=O) groups is 1. The first-order valence-electron chi connectivity index (χ1n) is 7.18. The molecule has 2 fully saturated rings. The molecule has 2 saturated heterocycles. The summed E-state index contributed by atoms with van der Waals surface area (Å²) in [6.45, 7) is 3.28. The Hall–Kier alpha value is -1.62. The van der Waals surface area contributed by atoms with Gasteiger partial charge >= 0.3 is 0 Å². The zero-order valence-electron chi connectivity index (χ0n) is 11.6. The molecule has 1 aromatic rings. The molecule has 3 N–H and O–H groups in total. The second kappa shape index (κ2) is 5.05. The Morgan fingerprint density at radius 2 is 2.30 bits per heavy atom. The molecule has 3 rings (SSSR count). The predicted octanol–water partition coefficient (Wildman–Crippen LogP) is 1.56. The van der Waals surface area contributed by atoms with Crippen molar-refractivity contribution >= 4 is 11.6 Å². The normalized spacial score (nSPS) is 27.1. The molecule has 2 aliphatic heterocycles. The van der Waals surface area contributed by atoms with E-state index in [1.165, 1.54) is 6.07 Å². The van der Waals surface area contributed by atoms with E-state index >= 15 is 0 Å². The van der Waals surface area contributed by atoms with Crippen molar-refractivity contribution in [3.05, 3.63) is 29.6 Å². The number of halogens is 1. The van der Waals surface area contributed by atoms with Crippen LogP contribution in [-0.2, 0) is 4.79 Å². The summed E-state index contributed by atoms with van der Waals surface area (Å²) in [5, 5.41) is 2.92. The average molecular weight is 277 g/mol. The fourth-order valence-electron chi connectivity index (χ4n) is 3.48. The molecular weight excluding hydrogens is 257 g/mol. The topological polar surface area (TPSA) is 58.4 Å². The van der Waals surface area contributed by atoms with E-state index in [0.717, 1.165) is 25.1 Å². The number of fused-ring (bicyclic) bond motifs is 1. The molecule has 0 saturated carbocycles. The van der Waals surface area contributed by atoms with Crippen molar-refractivity contribution in [2.45, 2.75) is 31.8 Å². The summed E-state index contributed by atoms with van der Waals surface area (Å²) in [7, 11) is 0. The lowest BCUT2D eigenvalue weighted by Crippen LogP contribution is -2.46. The van der Waals surface area contributed by atoms with Gasteiger partial charge in [0.05, 0.1) is 12.0 Å². The molecule has 2 heterocycles. The number of benzene rings is 1. The fourth-order valence-corrected chi connectivity index (χ4v) is 3.48. The Morgan fingerprint density at radius 3 is 3.05 bits per heavy atom. The van der Waals surface area contributed by atoms with Gasteiger partial charge in [-0.25, -0.2) is 4.39 Å². The highest BCUT2D eigenvalue weighted by molar-refractivity contribution is 5.83. The summed E-state index contributed by atoms with van der Waals surface area (Å²) in [5.74, 6) is -0.122. The van der Waals surface area contributed by atoms with Gasteiger partial charge in [0, 0.05) is 30.4 Å². The van der Waals surface area contributed by atoms with Crippen molar-refractivity contribution in [3.63, 3.8) is 0 Å². The number of anilines is 1. The molecule has 3 atom stereocenters. The molecule has 20 heavy (non-hydrogen) atoms.